The van der Waals surface area contributed by atoms with Crippen LogP contribution in [0.15, 0.2) is 34.8 Å². The molecule has 0 aliphatic carbocycles. The van der Waals surface area contributed by atoms with Crippen LogP contribution in [0.4, 0.5) is 11.4 Å². The number of nitrogens with one attached hydrogen (secondary N) is 1. The molecule has 0 radical (unpaired) electrons. The van der Waals surface area contributed by atoms with Gasteiger partial charge in [-0.1, -0.05) is 15.9 Å². The van der Waals surface area contributed by atoms with Crippen molar-refractivity contribution in [1.29, 1.82) is 0 Å². The Morgan fingerprint density at radius 1 is 1.29 bits per heavy atom. The molecular formula is C15H17BrN2O2S. The van der Waals surface area contributed by atoms with Gasteiger partial charge >= 0.3 is 5.97 Å². The quantitative estimate of drug-likeness (QED) is 0.813. The SMILES string of the molecule is CN(C)c1ccc(Br)cc1NCc1ccc(CC(=O)O)s1. The number of anilines is 2. The van der Waals surface area contributed by atoms with Crippen molar-refractivity contribution < 1.29 is 9.90 Å². The molecule has 0 saturated heterocycles. The fraction of sp³-hybridized carbons (Fsp3) is 0.267. The van der Waals surface area contributed by atoms with E-state index < -0.39 is 5.97 Å². The average Bonchev–Trinajstić information content (AvgIpc) is 2.82. The standard InChI is InChI=1S/C15H17BrN2O2S/c1-18(2)14-6-3-10(16)7-13(14)17-9-12-5-4-11(21-12)8-15(19)20/h3-7,17H,8-9H2,1-2H3,(H,19,20). The Balaban J connectivity index is 2.07. The first kappa shape index (κ1) is 15.9. The fourth-order valence-electron chi connectivity index (χ4n) is 1.98. The van der Waals surface area contributed by atoms with Crippen molar-refractivity contribution in [3.63, 3.8) is 0 Å². The second-order valence-corrected chi connectivity index (χ2v) is 7.02. The van der Waals surface area contributed by atoms with Gasteiger partial charge in [0.05, 0.1) is 17.8 Å². The molecule has 1 aromatic heterocycles. The Hall–Kier alpha value is -1.53. The predicted molar refractivity (Wildman–Crippen MR) is 91.5 cm³/mol. The van der Waals surface area contributed by atoms with Crippen LogP contribution in [0.2, 0.25) is 0 Å². The van der Waals surface area contributed by atoms with Gasteiger partial charge in [0.2, 0.25) is 0 Å². The van der Waals surface area contributed by atoms with E-state index in [-0.39, 0.29) is 6.42 Å². The Bertz CT molecular complexity index is 640. The number of hydrogen-bond donors (Lipinski definition) is 2. The van der Waals surface area contributed by atoms with Crippen molar-refractivity contribution in [2.24, 2.45) is 0 Å². The van der Waals surface area contributed by atoms with Crippen LogP contribution < -0.4 is 10.2 Å². The maximum atomic E-state index is 10.7. The molecule has 0 fully saturated rings. The van der Waals surface area contributed by atoms with Crippen LogP contribution in [0.5, 0.6) is 0 Å². The molecule has 0 spiro atoms. The molecule has 0 atom stereocenters. The highest BCUT2D eigenvalue weighted by atomic mass is 79.9. The Morgan fingerprint density at radius 3 is 2.67 bits per heavy atom. The maximum Gasteiger partial charge on any atom is 0.308 e. The van der Waals surface area contributed by atoms with Crippen molar-refractivity contribution in [3.05, 3.63) is 44.6 Å². The second kappa shape index (κ2) is 6.95. The lowest BCUT2D eigenvalue weighted by Gasteiger charge is -2.18. The van der Waals surface area contributed by atoms with Gasteiger partial charge in [-0.25, -0.2) is 0 Å². The van der Waals surface area contributed by atoms with E-state index in [1.807, 2.05) is 38.4 Å². The summed E-state index contributed by atoms with van der Waals surface area (Å²) in [4.78, 5) is 14.7. The maximum absolute atomic E-state index is 10.7. The van der Waals surface area contributed by atoms with Crippen LogP contribution in [0.1, 0.15) is 9.75 Å². The van der Waals surface area contributed by atoms with E-state index in [4.69, 9.17) is 5.11 Å². The number of thiophene rings is 1. The fourth-order valence-corrected chi connectivity index (χ4v) is 3.29. The monoisotopic (exact) mass is 368 g/mol. The number of aliphatic carboxylic acids is 1. The highest BCUT2D eigenvalue weighted by Crippen LogP contribution is 2.29. The average molecular weight is 369 g/mol. The van der Waals surface area contributed by atoms with Gasteiger partial charge in [0, 0.05) is 34.9 Å². The van der Waals surface area contributed by atoms with E-state index in [1.54, 1.807) is 0 Å². The molecule has 0 amide bonds. The van der Waals surface area contributed by atoms with Crippen LogP contribution in [-0.4, -0.2) is 25.2 Å². The van der Waals surface area contributed by atoms with E-state index in [0.29, 0.717) is 6.54 Å². The van der Waals surface area contributed by atoms with Gasteiger partial charge < -0.3 is 15.3 Å². The van der Waals surface area contributed by atoms with Crippen molar-refractivity contribution in [3.8, 4) is 0 Å². The Kier molecular flexibility index (Phi) is 5.25. The van der Waals surface area contributed by atoms with Crippen LogP contribution in [-0.2, 0) is 17.8 Å². The summed E-state index contributed by atoms with van der Waals surface area (Å²) in [7, 11) is 4.01. The smallest absolute Gasteiger partial charge is 0.308 e. The molecule has 112 valence electrons. The first-order valence-electron chi connectivity index (χ1n) is 6.46. The summed E-state index contributed by atoms with van der Waals surface area (Å²) in [5.41, 5.74) is 2.16. The number of rotatable bonds is 6. The van der Waals surface area contributed by atoms with Gasteiger partial charge in [0.25, 0.3) is 0 Å². The zero-order valence-corrected chi connectivity index (χ0v) is 14.3. The van der Waals surface area contributed by atoms with E-state index in [2.05, 4.69) is 32.2 Å². The topological polar surface area (TPSA) is 52.6 Å². The first-order valence-corrected chi connectivity index (χ1v) is 8.07. The van der Waals surface area contributed by atoms with E-state index in [9.17, 15) is 4.79 Å². The third-order valence-corrected chi connectivity index (χ3v) is 4.51. The molecule has 1 aromatic carbocycles. The molecule has 0 aliphatic heterocycles. The van der Waals surface area contributed by atoms with Crippen LogP contribution in [0.25, 0.3) is 0 Å². The molecule has 2 rings (SSSR count). The van der Waals surface area contributed by atoms with E-state index >= 15 is 0 Å². The molecule has 2 N–H and O–H groups in total. The Morgan fingerprint density at radius 2 is 2.00 bits per heavy atom. The van der Waals surface area contributed by atoms with Gasteiger partial charge in [-0.15, -0.1) is 11.3 Å². The zero-order valence-electron chi connectivity index (χ0n) is 11.9. The number of carboxylic acids is 1. The number of carboxylic acid groups (broad SMARTS) is 1. The summed E-state index contributed by atoms with van der Waals surface area (Å²) < 4.78 is 1.02. The minimum Gasteiger partial charge on any atom is -0.481 e. The summed E-state index contributed by atoms with van der Waals surface area (Å²) in [6.07, 6.45) is 0.0878. The molecule has 0 saturated carbocycles. The first-order chi connectivity index (χ1) is 9.95. The lowest BCUT2D eigenvalue weighted by Crippen LogP contribution is -2.12. The molecular weight excluding hydrogens is 352 g/mol. The number of halogens is 1. The van der Waals surface area contributed by atoms with E-state index in [1.165, 1.54) is 11.3 Å². The van der Waals surface area contributed by atoms with Gasteiger partial charge in [0.1, 0.15) is 0 Å². The second-order valence-electron chi connectivity index (χ2n) is 4.85. The zero-order chi connectivity index (χ0) is 15.4. The molecule has 0 aliphatic rings. The molecule has 6 heteroatoms. The molecule has 1 heterocycles. The van der Waals surface area contributed by atoms with Crippen molar-refractivity contribution >= 4 is 44.6 Å². The number of hydrogen-bond acceptors (Lipinski definition) is 4. The normalized spacial score (nSPS) is 10.4. The lowest BCUT2D eigenvalue weighted by molar-refractivity contribution is -0.136. The van der Waals surface area contributed by atoms with Gasteiger partial charge in [-0.3, -0.25) is 4.79 Å². The molecule has 21 heavy (non-hydrogen) atoms. The van der Waals surface area contributed by atoms with Crippen LogP contribution >= 0.6 is 27.3 Å². The van der Waals surface area contributed by atoms with Crippen LogP contribution in [0.3, 0.4) is 0 Å². The molecule has 4 nitrogen and oxygen atoms in total. The van der Waals surface area contributed by atoms with Crippen LogP contribution in [0, 0.1) is 0 Å². The number of benzene rings is 1. The minimum absolute atomic E-state index is 0.0878. The lowest BCUT2D eigenvalue weighted by atomic mass is 10.2. The van der Waals surface area contributed by atoms with Crippen molar-refractivity contribution in [2.75, 3.05) is 24.3 Å². The number of carbonyl (C=O) groups is 1. The van der Waals surface area contributed by atoms with Crippen molar-refractivity contribution in [1.82, 2.24) is 0 Å². The molecule has 0 bridgehead atoms. The highest BCUT2D eigenvalue weighted by molar-refractivity contribution is 9.10. The molecule has 0 unspecified atom stereocenters. The highest BCUT2D eigenvalue weighted by Gasteiger charge is 2.07. The largest absolute Gasteiger partial charge is 0.481 e. The summed E-state index contributed by atoms with van der Waals surface area (Å²) >= 11 is 5.01. The summed E-state index contributed by atoms with van der Waals surface area (Å²) in [6.45, 7) is 0.682. The summed E-state index contributed by atoms with van der Waals surface area (Å²) in [5, 5.41) is 12.2. The molecule has 2 aromatic rings. The minimum atomic E-state index is -0.793. The third kappa shape index (κ3) is 4.47. The predicted octanol–water partition coefficient (Wildman–Crippen LogP) is 3.82. The summed E-state index contributed by atoms with van der Waals surface area (Å²) in [6, 6.07) is 9.96. The van der Waals surface area contributed by atoms with E-state index in [0.717, 1.165) is 25.6 Å². The van der Waals surface area contributed by atoms with Gasteiger partial charge in [-0.2, -0.15) is 0 Å². The van der Waals surface area contributed by atoms with Gasteiger partial charge in [-0.05, 0) is 30.3 Å². The van der Waals surface area contributed by atoms with Gasteiger partial charge in [0.15, 0.2) is 0 Å². The number of nitrogens with zero attached hydrogens (tertiary/aromatic N) is 1. The summed E-state index contributed by atoms with van der Waals surface area (Å²) in [5.74, 6) is -0.793. The third-order valence-electron chi connectivity index (χ3n) is 2.94. The van der Waals surface area contributed by atoms with Crippen molar-refractivity contribution in [2.45, 2.75) is 13.0 Å². The Labute approximate surface area is 136 Å².